The van der Waals surface area contributed by atoms with Crippen molar-refractivity contribution in [2.75, 3.05) is 26.0 Å². The van der Waals surface area contributed by atoms with Crippen LogP contribution in [0, 0.1) is 0 Å². The molecule has 1 fully saturated rings. The van der Waals surface area contributed by atoms with Gasteiger partial charge in [-0.25, -0.2) is 0 Å². The summed E-state index contributed by atoms with van der Waals surface area (Å²) in [5.41, 5.74) is 0. The summed E-state index contributed by atoms with van der Waals surface area (Å²) in [5, 5.41) is 0.858. The highest BCUT2D eigenvalue weighted by atomic mass is 79.9. The smallest absolute Gasteiger partial charge is 0.195 e. The van der Waals surface area contributed by atoms with Crippen molar-refractivity contribution in [3.63, 3.8) is 0 Å². The van der Waals surface area contributed by atoms with Gasteiger partial charge in [0.25, 0.3) is 10.2 Å². The zero-order valence-corrected chi connectivity index (χ0v) is 11.7. The molecule has 0 aliphatic carbocycles. The number of halogens is 1. The number of alkyl halides is 1. The summed E-state index contributed by atoms with van der Waals surface area (Å²) < 4.78 is 27.0. The van der Waals surface area contributed by atoms with E-state index in [9.17, 15) is 8.42 Å². The first-order valence-electron chi connectivity index (χ1n) is 5.25. The first-order valence-corrected chi connectivity index (χ1v) is 7.77. The second kappa shape index (κ2) is 5.61. The van der Waals surface area contributed by atoms with Crippen molar-refractivity contribution in [2.24, 2.45) is 0 Å². The molecule has 0 N–H and O–H groups in total. The Morgan fingerprint density at radius 2 is 2.07 bits per heavy atom. The minimum absolute atomic E-state index is 0.172. The van der Waals surface area contributed by atoms with Crippen LogP contribution in [0.3, 0.4) is 0 Å². The predicted molar refractivity (Wildman–Crippen MR) is 65.4 cm³/mol. The molecule has 1 unspecified atom stereocenters. The molecular formula is C9H19BrN2O2S. The van der Waals surface area contributed by atoms with Gasteiger partial charge < -0.3 is 0 Å². The van der Waals surface area contributed by atoms with Gasteiger partial charge in [0.1, 0.15) is 0 Å². The second-order valence-corrected chi connectivity index (χ2v) is 6.92. The maximum Gasteiger partial charge on any atom is 0.281 e. The Labute approximate surface area is 101 Å². The van der Waals surface area contributed by atoms with Crippen LogP contribution in [0.4, 0.5) is 0 Å². The van der Waals surface area contributed by atoms with Crippen molar-refractivity contribution in [3.05, 3.63) is 0 Å². The summed E-state index contributed by atoms with van der Waals surface area (Å²) in [5.74, 6) is 0. The molecule has 1 aliphatic heterocycles. The molecule has 0 amide bonds. The largest absolute Gasteiger partial charge is 0.281 e. The monoisotopic (exact) mass is 298 g/mol. The summed E-state index contributed by atoms with van der Waals surface area (Å²) in [6, 6.07) is 0.172. The Bertz CT molecular complexity index is 290. The normalized spacial score (nSPS) is 24.7. The lowest BCUT2D eigenvalue weighted by Crippen LogP contribution is -2.48. The summed E-state index contributed by atoms with van der Waals surface area (Å²) in [6.07, 6.45) is 3.99. The van der Waals surface area contributed by atoms with Crippen molar-refractivity contribution in [1.29, 1.82) is 0 Å². The van der Waals surface area contributed by atoms with Gasteiger partial charge in [0.15, 0.2) is 0 Å². The predicted octanol–water partition coefficient (Wildman–Crippen LogP) is 1.43. The third-order valence-corrected chi connectivity index (χ3v) is 5.23. The standard InChI is InChI=1S/C9H19BrN2O2S/c1-11(2)15(13,14)12-8-4-3-5-9(12)6-7-10/h9H,3-8H2,1-2H3. The lowest BCUT2D eigenvalue weighted by atomic mass is 10.0. The van der Waals surface area contributed by atoms with Gasteiger partial charge in [-0.1, -0.05) is 22.4 Å². The summed E-state index contributed by atoms with van der Waals surface area (Å²) in [7, 11) is -0.0407. The molecule has 15 heavy (non-hydrogen) atoms. The zero-order valence-electron chi connectivity index (χ0n) is 9.32. The van der Waals surface area contributed by atoms with E-state index in [2.05, 4.69) is 15.9 Å². The van der Waals surface area contributed by atoms with E-state index in [-0.39, 0.29) is 6.04 Å². The average Bonchev–Trinajstić information content (AvgIpc) is 2.18. The number of piperidine rings is 1. The lowest BCUT2D eigenvalue weighted by Gasteiger charge is -2.35. The van der Waals surface area contributed by atoms with E-state index in [1.165, 1.54) is 4.31 Å². The van der Waals surface area contributed by atoms with Crippen LogP contribution >= 0.6 is 15.9 Å². The molecule has 1 rings (SSSR count). The third kappa shape index (κ3) is 3.15. The van der Waals surface area contributed by atoms with Gasteiger partial charge in [-0.2, -0.15) is 17.0 Å². The molecule has 0 bridgehead atoms. The fourth-order valence-corrected chi connectivity index (χ4v) is 3.80. The van der Waals surface area contributed by atoms with Gasteiger partial charge in [-0.05, 0) is 19.3 Å². The molecule has 6 heteroatoms. The maximum atomic E-state index is 12.0. The minimum Gasteiger partial charge on any atom is -0.195 e. The van der Waals surface area contributed by atoms with Crippen molar-refractivity contribution in [1.82, 2.24) is 8.61 Å². The number of rotatable bonds is 4. The molecule has 1 saturated heterocycles. The molecule has 0 aromatic rings. The van der Waals surface area contributed by atoms with Crippen LogP contribution in [-0.4, -0.2) is 49.0 Å². The molecule has 0 spiro atoms. The molecule has 1 atom stereocenters. The zero-order chi connectivity index (χ0) is 11.5. The van der Waals surface area contributed by atoms with E-state index in [1.807, 2.05) is 0 Å². The van der Waals surface area contributed by atoms with E-state index in [0.717, 1.165) is 31.0 Å². The highest BCUT2D eigenvalue weighted by molar-refractivity contribution is 9.09. The van der Waals surface area contributed by atoms with Crippen LogP contribution in [0.25, 0.3) is 0 Å². The Hall–Kier alpha value is 0.350. The van der Waals surface area contributed by atoms with Crippen LogP contribution in [-0.2, 0) is 10.2 Å². The molecule has 4 nitrogen and oxygen atoms in total. The van der Waals surface area contributed by atoms with Crippen LogP contribution < -0.4 is 0 Å². The van der Waals surface area contributed by atoms with E-state index >= 15 is 0 Å². The first kappa shape index (κ1) is 13.4. The van der Waals surface area contributed by atoms with E-state index in [0.29, 0.717) is 6.54 Å². The van der Waals surface area contributed by atoms with Crippen LogP contribution in [0.1, 0.15) is 25.7 Å². The van der Waals surface area contributed by atoms with Crippen molar-refractivity contribution < 1.29 is 8.42 Å². The SMILES string of the molecule is CN(C)S(=O)(=O)N1CCCCC1CCBr. The van der Waals surface area contributed by atoms with Crippen molar-refractivity contribution >= 4 is 26.1 Å². The number of nitrogens with zero attached hydrogens (tertiary/aromatic N) is 2. The Kier molecular flexibility index (Phi) is 5.02. The van der Waals surface area contributed by atoms with Crippen molar-refractivity contribution in [3.8, 4) is 0 Å². The molecule has 0 radical (unpaired) electrons. The van der Waals surface area contributed by atoms with Crippen molar-refractivity contribution in [2.45, 2.75) is 31.7 Å². The molecule has 0 aromatic heterocycles. The molecule has 0 aromatic carbocycles. The van der Waals surface area contributed by atoms with Gasteiger partial charge >= 0.3 is 0 Å². The molecule has 90 valence electrons. The topological polar surface area (TPSA) is 40.6 Å². The van der Waals surface area contributed by atoms with Crippen LogP contribution in [0.5, 0.6) is 0 Å². The average molecular weight is 299 g/mol. The first-order chi connectivity index (χ1) is 7.00. The summed E-state index contributed by atoms with van der Waals surface area (Å²) >= 11 is 3.38. The highest BCUT2D eigenvalue weighted by Gasteiger charge is 2.32. The van der Waals surface area contributed by atoms with Gasteiger partial charge in [0.2, 0.25) is 0 Å². The molecular weight excluding hydrogens is 280 g/mol. The van der Waals surface area contributed by atoms with E-state index in [4.69, 9.17) is 0 Å². The maximum absolute atomic E-state index is 12.0. The Morgan fingerprint density at radius 3 is 2.60 bits per heavy atom. The number of hydrogen-bond acceptors (Lipinski definition) is 2. The van der Waals surface area contributed by atoms with Gasteiger partial charge in [0, 0.05) is 32.0 Å². The minimum atomic E-state index is -3.23. The van der Waals surface area contributed by atoms with E-state index < -0.39 is 10.2 Å². The fraction of sp³-hybridized carbons (Fsp3) is 1.00. The third-order valence-electron chi connectivity index (χ3n) is 2.77. The summed E-state index contributed by atoms with van der Waals surface area (Å²) in [6.45, 7) is 0.665. The molecule has 1 heterocycles. The second-order valence-electron chi connectivity index (χ2n) is 4.03. The quantitative estimate of drug-likeness (QED) is 0.737. The van der Waals surface area contributed by atoms with E-state index in [1.54, 1.807) is 18.4 Å². The fourth-order valence-electron chi connectivity index (χ4n) is 1.90. The number of hydrogen-bond donors (Lipinski definition) is 0. The van der Waals surface area contributed by atoms with Crippen LogP contribution in [0.15, 0.2) is 0 Å². The van der Waals surface area contributed by atoms with Gasteiger partial charge in [-0.15, -0.1) is 0 Å². The van der Waals surface area contributed by atoms with Gasteiger partial charge in [-0.3, -0.25) is 0 Å². The molecule has 1 aliphatic rings. The van der Waals surface area contributed by atoms with Gasteiger partial charge in [0.05, 0.1) is 0 Å². The molecule has 0 saturated carbocycles. The van der Waals surface area contributed by atoms with Crippen LogP contribution in [0.2, 0.25) is 0 Å². The Balaban J connectivity index is 2.80. The summed E-state index contributed by atoms with van der Waals surface area (Å²) in [4.78, 5) is 0. The highest BCUT2D eigenvalue weighted by Crippen LogP contribution is 2.24. The Morgan fingerprint density at radius 1 is 1.40 bits per heavy atom. The lowest BCUT2D eigenvalue weighted by molar-refractivity contribution is 0.236.